The molecular formula is C12H9ClN2O3S. The molecule has 19 heavy (non-hydrogen) atoms. The normalized spacial score (nSPS) is 17.3. The summed E-state index contributed by atoms with van der Waals surface area (Å²) in [4.78, 5) is 35.4. The Morgan fingerprint density at radius 1 is 1.37 bits per heavy atom. The first-order chi connectivity index (χ1) is 8.99. The fourth-order valence-corrected chi connectivity index (χ4v) is 2.54. The molecule has 0 aliphatic carbocycles. The molecule has 0 radical (unpaired) electrons. The van der Waals surface area contributed by atoms with Gasteiger partial charge in [-0.15, -0.1) is 0 Å². The number of carbonyl (C=O) groups is 3. The summed E-state index contributed by atoms with van der Waals surface area (Å²) < 4.78 is 0. The van der Waals surface area contributed by atoms with Gasteiger partial charge in [0.2, 0.25) is 5.91 Å². The van der Waals surface area contributed by atoms with E-state index in [-0.39, 0.29) is 4.91 Å². The maximum atomic E-state index is 11.9. The third-order valence-corrected chi connectivity index (χ3v) is 3.63. The van der Waals surface area contributed by atoms with Crippen molar-refractivity contribution < 1.29 is 14.4 Å². The number of thioether (sulfide) groups is 1. The summed E-state index contributed by atoms with van der Waals surface area (Å²) in [6.45, 7) is -0.412. The van der Waals surface area contributed by atoms with Crippen LogP contribution in [0.4, 0.5) is 4.79 Å². The van der Waals surface area contributed by atoms with Gasteiger partial charge in [-0.3, -0.25) is 19.3 Å². The molecule has 0 saturated carbocycles. The third kappa shape index (κ3) is 2.97. The molecule has 1 aliphatic heterocycles. The van der Waals surface area contributed by atoms with Crippen molar-refractivity contribution in [2.45, 2.75) is 0 Å². The predicted octanol–water partition coefficient (Wildman–Crippen LogP) is 1.86. The largest absolute Gasteiger partial charge is 0.368 e. The second kappa shape index (κ2) is 5.46. The number of primary amides is 1. The van der Waals surface area contributed by atoms with E-state index in [0.29, 0.717) is 10.6 Å². The minimum atomic E-state index is -0.735. The number of amides is 3. The van der Waals surface area contributed by atoms with E-state index in [9.17, 15) is 14.4 Å². The summed E-state index contributed by atoms with van der Waals surface area (Å²) in [7, 11) is 0. The van der Waals surface area contributed by atoms with E-state index in [1.165, 1.54) is 6.08 Å². The summed E-state index contributed by atoms with van der Waals surface area (Å²) in [6, 6.07) is 6.94. The summed E-state index contributed by atoms with van der Waals surface area (Å²) >= 11 is 6.73. The molecule has 0 unspecified atom stereocenters. The first-order valence-electron chi connectivity index (χ1n) is 5.27. The Morgan fingerprint density at radius 3 is 2.68 bits per heavy atom. The molecule has 1 saturated heterocycles. The van der Waals surface area contributed by atoms with Crippen LogP contribution in [0.1, 0.15) is 5.56 Å². The Morgan fingerprint density at radius 2 is 2.05 bits per heavy atom. The molecule has 3 amide bonds. The molecule has 1 fully saturated rings. The quantitative estimate of drug-likeness (QED) is 0.863. The molecule has 1 aliphatic rings. The van der Waals surface area contributed by atoms with Gasteiger partial charge in [0.15, 0.2) is 0 Å². The van der Waals surface area contributed by atoms with Crippen LogP contribution < -0.4 is 5.73 Å². The van der Waals surface area contributed by atoms with Crippen molar-refractivity contribution in [1.82, 2.24) is 4.90 Å². The monoisotopic (exact) mass is 296 g/mol. The number of halogens is 1. The van der Waals surface area contributed by atoms with Crippen molar-refractivity contribution in [3.8, 4) is 0 Å². The van der Waals surface area contributed by atoms with Crippen molar-refractivity contribution in [2.75, 3.05) is 6.54 Å². The van der Waals surface area contributed by atoms with Crippen LogP contribution >= 0.6 is 23.4 Å². The Balaban J connectivity index is 2.28. The number of benzene rings is 1. The minimum absolute atomic E-state index is 0.222. The lowest BCUT2D eigenvalue weighted by atomic mass is 10.2. The maximum absolute atomic E-state index is 11.9. The van der Waals surface area contributed by atoms with E-state index in [2.05, 4.69) is 0 Å². The average Bonchev–Trinajstić information content (AvgIpc) is 2.60. The van der Waals surface area contributed by atoms with Crippen LogP contribution in [0.3, 0.4) is 0 Å². The summed E-state index contributed by atoms with van der Waals surface area (Å²) in [5, 5.41) is -0.0358. The zero-order chi connectivity index (χ0) is 14.0. The smallest absolute Gasteiger partial charge is 0.294 e. The van der Waals surface area contributed by atoms with Crippen molar-refractivity contribution in [3.63, 3.8) is 0 Å². The second-order valence-corrected chi connectivity index (χ2v) is 5.16. The lowest BCUT2D eigenvalue weighted by Gasteiger charge is -2.08. The highest BCUT2D eigenvalue weighted by Gasteiger charge is 2.35. The highest BCUT2D eigenvalue weighted by molar-refractivity contribution is 8.18. The molecule has 1 aromatic rings. The van der Waals surface area contributed by atoms with Crippen molar-refractivity contribution in [3.05, 3.63) is 39.8 Å². The van der Waals surface area contributed by atoms with Crippen molar-refractivity contribution in [2.24, 2.45) is 5.73 Å². The third-order valence-electron chi connectivity index (χ3n) is 2.38. The fraction of sp³-hybridized carbons (Fsp3) is 0.0833. The van der Waals surface area contributed by atoms with E-state index in [4.69, 9.17) is 17.3 Å². The zero-order valence-corrected chi connectivity index (χ0v) is 11.2. The molecule has 2 rings (SSSR count). The fourth-order valence-electron chi connectivity index (χ4n) is 1.53. The number of rotatable bonds is 3. The highest BCUT2D eigenvalue weighted by Crippen LogP contribution is 2.33. The van der Waals surface area contributed by atoms with Gasteiger partial charge in [-0.05, 0) is 29.5 Å². The van der Waals surface area contributed by atoms with Crippen LogP contribution in [-0.2, 0) is 9.59 Å². The summed E-state index contributed by atoms with van der Waals surface area (Å²) in [5.41, 5.74) is 5.62. The van der Waals surface area contributed by atoms with Crippen molar-refractivity contribution in [1.29, 1.82) is 0 Å². The minimum Gasteiger partial charge on any atom is -0.368 e. The molecule has 0 aromatic heterocycles. The number of nitrogens with two attached hydrogens (primary N) is 1. The number of hydrogen-bond donors (Lipinski definition) is 1. The van der Waals surface area contributed by atoms with E-state index >= 15 is 0 Å². The molecule has 0 atom stereocenters. The molecule has 0 spiro atoms. The first-order valence-corrected chi connectivity index (χ1v) is 6.46. The molecular weight excluding hydrogens is 288 g/mol. The van der Waals surface area contributed by atoms with Gasteiger partial charge in [-0.1, -0.05) is 29.8 Å². The van der Waals surface area contributed by atoms with Gasteiger partial charge in [0, 0.05) is 5.02 Å². The number of hydrogen-bond acceptors (Lipinski definition) is 4. The van der Waals surface area contributed by atoms with Gasteiger partial charge in [-0.2, -0.15) is 0 Å². The topological polar surface area (TPSA) is 80.5 Å². The van der Waals surface area contributed by atoms with Crippen LogP contribution in [0.25, 0.3) is 6.08 Å². The zero-order valence-electron chi connectivity index (χ0n) is 9.63. The van der Waals surface area contributed by atoms with Crippen molar-refractivity contribution >= 4 is 46.5 Å². The standard InChI is InChI=1S/C12H9ClN2O3S/c13-8-4-2-1-3-7(8)5-9-11(17)15(6-10(14)16)12(18)19-9/h1-5H,6H2,(H2,14,16)/b9-5-. The Hall–Kier alpha value is -1.79. The maximum Gasteiger partial charge on any atom is 0.294 e. The Kier molecular flexibility index (Phi) is 3.92. The van der Waals surface area contributed by atoms with Crippen LogP contribution in [0.5, 0.6) is 0 Å². The average molecular weight is 297 g/mol. The lowest BCUT2D eigenvalue weighted by molar-refractivity contribution is -0.127. The van der Waals surface area contributed by atoms with Crippen LogP contribution in [0.2, 0.25) is 5.02 Å². The molecule has 5 nitrogen and oxygen atoms in total. The van der Waals surface area contributed by atoms with Gasteiger partial charge in [0.1, 0.15) is 6.54 Å². The molecule has 1 aromatic carbocycles. The van der Waals surface area contributed by atoms with Gasteiger partial charge in [-0.25, -0.2) is 0 Å². The number of imide groups is 1. The molecule has 2 N–H and O–H groups in total. The van der Waals surface area contributed by atoms with Crippen LogP contribution in [-0.4, -0.2) is 28.5 Å². The number of carbonyl (C=O) groups excluding carboxylic acids is 3. The van der Waals surface area contributed by atoms with Gasteiger partial charge in [0.05, 0.1) is 4.91 Å². The predicted molar refractivity (Wildman–Crippen MR) is 73.3 cm³/mol. The summed E-state index contributed by atoms with van der Waals surface area (Å²) in [6.07, 6.45) is 1.52. The van der Waals surface area contributed by atoms with Crippen LogP contribution in [0, 0.1) is 0 Å². The van der Waals surface area contributed by atoms with E-state index in [1.54, 1.807) is 24.3 Å². The van der Waals surface area contributed by atoms with Gasteiger partial charge < -0.3 is 5.73 Å². The van der Waals surface area contributed by atoms with E-state index < -0.39 is 23.6 Å². The SMILES string of the molecule is NC(=O)CN1C(=O)S/C(=C\c2ccccc2Cl)C1=O. The number of nitrogens with zero attached hydrogens (tertiary/aromatic N) is 1. The lowest BCUT2D eigenvalue weighted by Crippen LogP contribution is -2.36. The molecule has 1 heterocycles. The van der Waals surface area contributed by atoms with Gasteiger partial charge >= 0.3 is 0 Å². The molecule has 7 heteroatoms. The second-order valence-electron chi connectivity index (χ2n) is 3.76. The van der Waals surface area contributed by atoms with E-state index in [1.807, 2.05) is 0 Å². The highest BCUT2D eigenvalue weighted by atomic mass is 35.5. The molecule has 98 valence electrons. The Bertz CT molecular complexity index is 600. The van der Waals surface area contributed by atoms with Gasteiger partial charge in [0.25, 0.3) is 11.1 Å². The first kappa shape index (κ1) is 13.6. The van der Waals surface area contributed by atoms with Crippen LogP contribution in [0.15, 0.2) is 29.2 Å². The van der Waals surface area contributed by atoms with E-state index in [0.717, 1.165) is 16.7 Å². The summed E-state index contributed by atoms with van der Waals surface area (Å²) in [5.74, 6) is -1.27. The Labute approximate surface area is 118 Å². The molecule has 0 bridgehead atoms.